The summed E-state index contributed by atoms with van der Waals surface area (Å²) in [6.45, 7) is 8.31. The zero-order valence-corrected chi connectivity index (χ0v) is 20.6. The van der Waals surface area contributed by atoms with Crippen LogP contribution in [0.25, 0.3) is 0 Å². The fourth-order valence-electron chi connectivity index (χ4n) is 3.55. The molecule has 0 spiro atoms. The summed E-state index contributed by atoms with van der Waals surface area (Å²) in [5.41, 5.74) is 0.487. The first-order valence-electron chi connectivity index (χ1n) is 11.9. The third-order valence-electron chi connectivity index (χ3n) is 5.35. The van der Waals surface area contributed by atoms with Gasteiger partial charge in [-0.25, -0.2) is 4.79 Å². The van der Waals surface area contributed by atoms with Crippen molar-refractivity contribution in [2.24, 2.45) is 5.92 Å². The van der Waals surface area contributed by atoms with E-state index in [9.17, 15) is 24.7 Å². The lowest BCUT2D eigenvalue weighted by Crippen LogP contribution is -2.48. The van der Waals surface area contributed by atoms with Crippen LogP contribution in [0.2, 0.25) is 20.5 Å². The number of carbonyl (C=O) groups is 2. The number of nitrogens with zero attached hydrogens (tertiary/aromatic N) is 2. The van der Waals surface area contributed by atoms with Gasteiger partial charge in [-0.3, -0.25) is 0 Å². The van der Waals surface area contributed by atoms with Gasteiger partial charge >= 0.3 is 27.1 Å². The van der Waals surface area contributed by atoms with E-state index in [1.165, 1.54) is 0 Å². The van der Waals surface area contributed by atoms with E-state index in [0.717, 1.165) is 6.19 Å². The molecule has 0 aliphatic rings. The highest BCUT2D eigenvalue weighted by atomic mass is 16.5. The molecule has 0 radical (unpaired) electrons. The Morgan fingerprint density at radius 1 is 1.06 bits per heavy atom. The van der Waals surface area contributed by atoms with Gasteiger partial charge in [-0.2, -0.15) is 0 Å². The van der Waals surface area contributed by atoms with Gasteiger partial charge in [0.25, 0.3) is 7.41 Å². The molecular weight excluding hydrogens is 435 g/mol. The summed E-state index contributed by atoms with van der Waals surface area (Å²) in [6, 6.07) is 8.79. The molecule has 5 N–H and O–H groups in total. The second-order valence-electron chi connectivity index (χ2n) is 8.47. The summed E-state index contributed by atoms with van der Waals surface area (Å²) in [6.07, 6.45) is 1.39. The molecule has 1 unspecified atom stereocenters. The topological polar surface area (TPSA) is 135 Å². The first kappa shape index (κ1) is 30.4. The van der Waals surface area contributed by atoms with E-state index in [-0.39, 0.29) is 19.9 Å². The highest BCUT2D eigenvalue weighted by Gasteiger charge is 2.23. The lowest BCUT2D eigenvalue weighted by atomic mass is 9.82. The van der Waals surface area contributed by atoms with Crippen molar-refractivity contribution in [2.75, 3.05) is 45.9 Å². The van der Waals surface area contributed by atoms with E-state index in [2.05, 4.69) is 10.5 Å². The molecule has 186 valence electrons. The van der Waals surface area contributed by atoms with Gasteiger partial charge < -0.3 is 44.7 Å². The van der Waals surface area contributed by atoms with Gasteiger partial charge in [-0.05, 0) is 77.7 Å². The normalized spacial score (nSPS) is 11.9. The highest BCUT2D eigenvalue weighted by Crippen LogP contribution is 2.11. The van der Waals surface area contributed by atoms with E-state index in [0.29, 0.717) is 51.3 Å². The molecule has 0 heterocycles. The van der Waals surface area contributed by atoms with Crippen LogP contribution in [0.1, 0.15) is 16.8 Å². The zero-order chi connectivity index (χ0) is 25.3. The number of esters is 1. The van der Waals surface area contributed by atoms with Crippen LogP contribution in [-0.2, 0) is 9.53 Å². The van der Waals surface area contributed by atoms with Gasteiger partial charge in [0.2, 0.25) is 0 Å². The lowest BCUT2D eigenvalue weighted by molar-refractivity contribution is 0.0473. The van der Waals surface area contributed by atoms with E-state index in [1.54, 1.807) is 44.7 Å². The van der Waals surface area contributed by atoms with Gasteiger partial charge in [0.15, 0.2) is 0 Å². The summed E-state index contributed by atoms with van der Waals surface area (Å²) in [7, 11) is -1.76. The number of ether oxygens (including phenoxy) is 1. The first-order valence-corrected chi connectivity index (χ1v) is 11.9. The molecular formula is C20H38B4N4O6. The van der Waals surface area contributed by atoms with Crippen molar-refractivity contribution >= 4 is 40.7 Å². The predicted molar refractivity (Wildman–Crippen MR) is 139 cm³/mol. The Hall–Kier alpha value is -1.66. The predicted octanol–water partition coefficient (Wildman–Crippen LogP) is -1.49. The average Bonchev–Trinajstić information content (AvgIpc) is 2.78. The summed E-state index contributed by atoms with van der Waals surface area (Å²) >= 11 is 0. The molecule has 1 aromatic carbocycles. The van der Waals surface area contributed by atoms with Gasteiger partial charge in [0.05, 0.1) is 18.4 Å². The third kappa shape index (κ3) is 13.9. The monoisotopic (exact) mass is 474 g/mol. The maximum Gasteiger partial charge on any atom is 0.376 e. The molecule has 0 fully saturated rings. The lowest BCUT2D eigenvalue weighted by Gasteiger charge is -2.32. The molecule has 0 aromatic heterocycles. The Kier molecular flexibility index (Phi) is 15.8. The molecule has 1 aromatic rings. The molecule has 0 amide bonds. The van der Waals surface area contributed by atoms with Gasteiger partial charge in [0.1, 0.15) is 0 Å². The number of nitrogens with one attached hydrogen (secondary N) is 2. The van der Waals surface area contributed by atoms with E-state index in [1.807, 2.05) is 15.7 Å². The standard InChI is InChI=1S/C20H38B4N4O6/c1-22(31)25-10-12-27(21-17-29)15-18(16-28(24(3)33)13-11-26-23(2)32)9-14-34-20(30)19-7-5-4-6-8-19/h4-8,17-18,21,25-26,31-33H,9-16H2,1-3H3. The molecule has 0 aliphatic carbocycles. The molecule has 1 rings (SSSR count). The van der Waals surface area contributed by atoms with E-state index < -0.39 is 27.1 Å². The van der Waals surface area contributed by atoms with Crippen LogP contribution in [0, 0.1) is 5.92 Å². The molecule has 10 nitrogen and oxygen atoms in total. The Morgan fingerprint density at radius 2 is 1.68 bits per heavy atom. The number of hydrogen-bond donors (Lipinski definition) is 5. The van der Waals surface area contributed by atoms with Crippen molar-refractivity contribution < 1.29 is 29.4 Å². The molecule has 0 bridgehead atoms. The minimum atomic E-state index is -0.707. The van der Waals surface area contributed by atoms with Crippen molar-refractivity contribution in [3.8, 4) is 0 Å². The third-order valence-corrected chi connectivity index (χ3v) is 5.35. The molecule has 0 saturated heterocycles. The average molecular weight is 474 g/mol. The largest absolute Gasteiger partial charge is 0.462 e. The van der Waals surface area contributed by atoms with Crippen molar-refractivity contribution in [1.82, 2.24) is 20.1 Å². The number of carbonyl (C=O) groups excluding carboxylic acids is 2. The first-order chi connectivity index (χ1) is 16.2. The van der Waals surface area contributed by atoms with Crippen molar-refractivity contribution in [2.45, 2.75) is 26.9 Å². The summed E-state index contributed by atoms with van der Waals surface area (Å²) in [4.78, 5) is 27.4. The van der Waals surface area contributed by atoms with Gasteiger partial charge in [0, 0.05) is 6.54 Å². The molecule has 0 aliphatic heterocycles. The summed E-state index contributed by atoms with van der Waals surface area (Å²) in [5.74, 6) is -0.394. The highest BCUT2D eigenvalue weighted by molar-refractivity contribution is 6.64. The minimum Gasteiger partial charge on any atom is -0.462 e. The van der Waals surface area contributed by atoms with Crippen molar-refractivity contribution in [3.63, 3.8) is 0 Å². The van der Waals surface area contributed by atoms with Crippen LogP contribution in [0.3, 0.4) is 0 Å². The SMILES string of the molecule is CB(O)NCCN(BC=O)CC(CCOC(=O)c1ccccc1)CN(CCNB(C)O)B(C)O. The van der Waals surface area contributed by atoms with Crippen molar-refractivity contribution in [1.29, 1.82) is 0 Å². The van der Waals surface area contributed by atoms with Crippen LogP contribution in [0.5, 0.6) is 0 Å². The van der Waals surface area contributed by atoms with Gasteiger partial charge in [-0.15, -0.1) is 0 Å². The van der Waals surface area contributed by atoms with Crippen LogP contribution in [-0.4, -0.2) is 111 Å². The molecule has 14 heteroatoms. The maximum atomic E-state index is 12.3. The van der Waals surface area contributed by atoms with E-state index in [4.69, 9.17) is 4.74 Å². The minimum absolute atomic E-state index is 0.00350. The summed E-state index contributed by atoms with van der Waals surface area (Å²) in [5, 5.41) is 35.0. The second-order valence-corrected chi connectivity index (χ2v) is 8.47. The maximum absolute atomic E-state index is 12.3. The van der Waals surface area contributed by atoms with Crippen LogP contribution >= 0.6 is 0 Å². The Bertz CT molecular complexity index is 690. The number of hydrogen-bond acceptors (Lipinski definition) is 10. The van der Waals surface area contributed by atoms with Gasteiger partial charge in [-0.1, -0.05) is 18.2 Å². The van der Waals surface area contributed by atoms with E-state index >= 15 is 0 Å². The quantitative estimate of drug-likeness (QED) is 0.0918. The number of rotatable bonds is 19. The molecule has 34 heavy (non-hydrogen) atoms. The van der Waals surface area contributed by atoms with Crippen molar-refractivity contribution in [3.05, 3.63) is 35.9 Å². The Morgan fingerprint density at radius 3 is 2.24 bits per heavy atom. The second kappa shape index (κ2) is 17.7. The smallest absolute Gasteiger partial charge is 0.376 e. The summed E-state index contributed by atoms with van der Waals surface area (Å²) < 4.78 is 5.47. The van der Waals surface area contributed by atoms with Crippen LogP contribution < -0.4 is 10.5 Å². The Labute approximate surface area is 205 Å². The fraction of sp³-hybridized carbons (Fsp3) is 0.600. The zero-order valence-electron chi connectivity index (χ0n) is 20.6. The van der Waals surface area contributed by atoms with Crippen LogP contribution in [0.4, 0.5) is 0 Å². The Balaban J connectivity index is 2.78. The molecule has 1 atom stereocenters. The molecule has 0 saturated carbocycles. The van der Waals surface area contributed by atoms with Crippen LogP contribution in [0.15, 0.2) is 30.3 Å². The number of benzene rings is 1. The fourth-order valence-corrected chi connectivity index (χ4v) is 3.55.